The van der Waals surface area contributed by atoms with Crippen LogP contribution in [-0.2, 0) is 4.79 Å². The van der Waals surface area contributed by atoms with Crippen molar-refractivity contribution in [2.24, 2.45) is 0 Å². The molecule has 2 aromatic rings. The first-order chi connectivity index (χ1) is 11.4. The molecule has 0 heterocycles. The maximum Gasteiger partial charge on any atom is 0.252 e. The van der Waals surface area contributed by atoms with Crippen LogP contribution < -0.4 is 15.4 Å². The molecule has 0 bridgehead atoms. The number of carbonyl (C=O) groups is 2. The number of aryl methyl sites for hydroxylation is 2. The van der Waals surface area contributed by atoms with E-state index in [-0.39, 0.29) is 18.4 Å². The van der Waals surface area contributed by atoms with E-state index in [0.29, 0.717) is 15.8 Å². The van der Waals surface area contributed by atoms with Gasteiger partial charge in [-0.05, 0) is 59.1 Å². The molecule has 0 aliphatic rings. The Morgan fingerprint density at radius 3 is 2.42 bits per heavy atom. The van der Waals surface area contributed by atoms with Crippen LogP contribution in [0, 0.1) is 13.8 Å². The molecule has 0 aliphatic carbocycles. The molecule has 0 saturated heterocycles. The molecule has 0 unspecified atom stereocenters. The summed E-state index contributed by atoms with van der Waals surface area (Å²) in [6.07, 6.45) is 0. The quantitative estimate of drug-likeness (QED) is 0.821. The molecule has 0 aromatic heterocycles. The number of benzene rings is 2. The molecule has 5 nitrogen and oxygen atoms in total. The third-order valence-corrected chi connectivity index (χ3v) is 4.26. The lowest BCUT2D eigenvalue weighted by Gasteiger charge is -2.12. The molecular weight excluding hydrogens is 372 g/mol. The number of amides is 2. The van der Waals surface area contributed by atoms with Crippen molar-refractivity contribution in [3.8, 4) is 5.75 Å². The van der Waals surface area contributed by atoms with Gasteiger partial charge in [0.25, 0.3) is 5.91 Å². The summed E-state index contributed by atoms with van der Waals surface area (Å²) >= 11 is 3.32. The second kappa shape index (κ2) is 7.97. The first-order valence-corrected chi connectivity index (χ1v) is 8.19. The minimum Gasteiger partial charge on any atom is -0.497 e. The van der Waals surface area contributed by atoms with Crippen molar-refractivity contribution in [2.45, 2.75) is 13.8 Å². The highest BCUT2D eigenvalue weighted by molar-refractivity contribution is 9.10. The molecule has 24 heavy (non-hydrogen) atoms. The van der Waals surface area contributed by atoms with Crippen LogP contribution in [0.3, 0.4) is 0 Å². The van der Waals surface area contributed by atoms with Crippen molar-refractivity contribution < 1.29 is 14.3 Å². The molecule has 0 atom stereocenters. The summed E-state index contributed by atoms with van der Waals surface area (Å²) in [6, 6.07) is 10.9. The molecular formula is C18H19BrN2O3. The van der Waals surface area contributed by atoms with Gasteiger partial charge in [-0.15, -0.1) is 0 Å². The van der Waals surface area contributed by atoms with Gasteiger partial charge in [-0.2, -0.15) is 0 Å². The van der Waals surface area contributed by atoms with Gasteiger partial charge in [-0.3, -0.25) is 9.59 Å². The van der Waals surface area contributed by atoms with Crippen LogP contribution in [0.4, 0.5) is 5.69 Å². The van der Waals surface area contributed by atoms with E-state index >= 15 is 0 Å². The second-order valence-corrected chi connectivity index (χ2v) is 6.20. The first-order valence-electron chi connectivity index (χ1n) is 7.40. The SMILES string of the molecule is COc1ccc(Br)c(C(=O)NCC(=O)Nc2c(C)cccc2C)c1. The number of nitrogens with one attached hydrogen (secondary N) is 2. The Bertz CT molecular complexity index is 755. The van der Waals surface area contributed by atoms with Crippen molar-refractivity contribution in [2.75, 3.05) is 19.0 Å². The molecule has 2 rings (SSSR count). The summed E-state index contributed by atoms with van der Waals surface area (Å²) in [7, 11) is 1.53. The first kappa shape index (κ1) is 18.0. The molecule has 2 aromatic carbocycles. The van der Waals surface area contributed by atoms with E-state index in [1.54, 1.807) is 18.2 Å². The maximum atomic E-state index is 12.2. The minimum atomic E-state index is -0.350. The van der Waals surface area contributed by atoms with Gasteiger partial charge in [-0.25, -0.2) is 0 Å². The number of methoxy groups -OCH3 is 1. The summed E-state index contributed by atoms with van der Waals surface area (Å²) in [5.74, 6) is -0.0551. The van der Waals surface area contributed by atoms with E-state index in [0.717, 1.165) is 16.8 Å². The van der Waals surface area contributed by atoms with Gasteiger partial charge < -0.3 is 15.4 Å². The summed E-state index contributed by atoms with van der Waals surface area (Å²) in [5.41, 5.74) is 3.14. The fourth-order valence-corrected chi connectivity index (χ4v) is 2.68. The number of para-hydroxylation sites is 1. The van der Waals surface area contributed by atoms with Gasteiger partial charge >= 0.3 is 0 Å². The molecule has 0 aliphatic heterocycles. The Labute approximate surface area is 149 Å². The Morgan fingerprint density at radius 1 is 1.12 bits per heavy atom. The van der Waals surface area contributed by atoms with E-state index < -0.39 is 0 Å². The average molecular weight is 391 g/mol. The lowest BCUT2D eigenvalue weighted by molar-refractivity contribution is -0.115. The van der Waals surface area contributed by atoms with Crippen LogP contribution in [0.5, 0.6) is 5.75 Å². The maximum absolute atomic E-state index is 12.2. The number of hydrogen-bond acceptors (Lipinski definition) is 3. The van der Waals surface area contributed by atoms with Crippen LogP contribution >= 0.6 is 15.9 Å². The Balaban J connectivity index is 2.00. The number of hydrogen-bond donors (Lipinski definition) is 2. The Hall–Kier alpha value is -2.34. The molecule has 126 valence electrons. The summed E-state index contributed by atoms with van der Waals surface area (Å²) in [6.45, 7) is 3.74. The number of ether oxygens (including phenoxy) is 1. The molecule has 2 N–H and O–H groups in total. The third kappa shape index (κ3) is 4.35. The van der Waals surface area contributed by atoms with Gasteiger partial charge in [0, 0.05) is 10.2 Å². The number of carbonyl (C=O) groups excluding carboxylic acids is 2. The Kier molecular flexibility index (Phi) is 5.98. The fourth-order valence-electron chi connectivity index (χ4n) is 2.26. The van der Waals surface area contributed by atoms with Gasteiger partial charge in [0.2, 0.25) is 5.91 Å². The lowest BCUT2D eigenvalue weighted by atomic mass is 10.1. The van der Waals surface area contributed by atoms with Crippen molar-refractivity contribution in [3.05, 3.63) is 57.6 Å². The van der Waals surface area contributed by atoms with Crippen LogP contribution in [0.1, 0.15) is 21.5 Å². The monoisotopic (exact) mass is 390 g/mol. The Morgan fingerprint density at radius 2 is 1.79 bits per heavy atom. The predicted molar refractivity (Wildman–Crippen MR) is 97.6 cm³/mol. The van der Waals surface area contributed by atoms with Gasteiger partial charge in [0.15, 0.2) is 0 Å². The van der Waals surface area contributed by atoms with Crippen LogP contribution in [0.2, 0.25) is 0 Å². The molecule has 0 spiro atoms. The van der Waals surface area contributed by atoms with Crippen LogP contribution in [0.15, 0.2) is 40.9 Å². The minimum absolute atomic E-state index is 0.115. The predicted octanol–water partition coefficient (Wildman–Crippen LogP) is 3.44. The van der Waals surface area contributed by atoms with Gasteiger partial charge in [0.1, 0.15) is 5.75 Å². The summed E-state index contributed by atoms with van der Waals surface area (Å²) < 4.78 is 5.75. The van der Waals surface area contributed by atoms with Crippen molar-refractivity contribution in [3.63, 3.8) is 0 Å². The zero-order valence-corrected chi connectivity index (χ0v) is 15.4. The molecule has 6 heteroatoms. The second-order valence-electron chi connectivity index (χ2n) is 5.34. The molecule has 2 amide bonds. The largest absolute Gasteiger partial charge is 0.497 e. The van der Waals surface area contributed by atoms with Crippen molar-refractivity contribution in [1.29, 1.82) is 0 Å². The van der Waals surface area contributed by atoms with Crippen LogP contribution in [-0.4, -0.2) is 25.5 Å². The smallest absolute Gasteiger partial charge is 0.252 e. The number of rotatable bonds is 5. The highest BCUT2D eigenvalue weighted by atomic mass is 79.9. The van der Waals surface area contributed by atoms with E-state index in [2.05, 4.69) is 26.6 Å². The van der Waals surface area contributed by atoms with E-state index in [4.69, 9.17) is 4.74 Å². The van der Waals surface area contributed by atoms with Crippen LogP contribution in [0.25, 0.3) is 0 Å². The zero-order valence-electron chi connectivity index (χ0n) is 13.8. The lowest BCUT2D eigenvalue weighted by Crippen LogP contribution is -2.33. The fraction of sp³-hybridized carbons (Fsp3) is 0.222. The normalized spacial score (nSPS) is 10.2. The topological polar surface area (TPSA) is 67.4 Å². The van der Waals surface area contributed by atoms with Crippen molar-refractivity contribution in [1.82, 2.24) is 5.32 Å². The zero-order chi connectivity index (χ0) is 17.7. The standard InChI is InChI=1S/C18H19BrN2O3/c1-11-5-4-6-12(2)17(11)21-16(22)10-20-18(23)14-9-13(24-3)7-8-15(14)19/h4-9H,10H2,1-3H3,(H,20,23)(H,21,22). The third-order valence-electron chi connectivity index (χ3n) is 3.57. The van der Waals surface area contributed by atoms with Gasteiger partial charge in [0.05, 0.1) is 19.2 Å². The van der Waals surface area contributed by atoms with Gasteiger partial charge in [-0.1, -0.05) is 18.2 Å². The molecule has 0 saturated carbocycles. The number of halogens is 1. The van der Waals surface area contributed by atoms with E-state index in [1.807, 2.05) is 32.0 Å². The highest BCUT2D eigenvalue weighted by Crippen LogP contribution is 2.22. The number of anilines is 1. The average Bonchev–Trinajstić information content (AvgIpc) is 2.56. The highest BCUT2D eigenvalue weighted by Gasteiger charge is 2.13. The summed E-state index contributed by atoms with van der Waals surface area (Å²) in [4.78, 5) is 24.3. The van der Waals surface area contributed by atoms with E-state index in [9.17, 15) is 9.59 Å². The van der Waals surface area contributed by atoms with E-state index in [1.165, 1.54) is 7.11 Å². The molecule has 0 fully saturated rings. The molecule has 0 radical (unpaired) electrons. The van der Waals surface area contributed by atoms with Crippen molar-refractivity contribution >= 4 is 33.4 Å². The summed E-state index contributed by atoms with van der Waals surface area (Å²) in [5, 5.41) is 5.45.